The molecule has 0 aliphatic heterocycles. The second kappa shape index (κ2) is 4.69. The highest BCUT2D eigenvalue weighted by Gasteiger charge is 2.30. The van der Waals surface area contributed by atoms with Crippen molar-refractivity contribution in [2.24, 2.45) is 7.05 Å². The van der Waals surface area contributed by atoms with E-state index in [9.17, 15) is 0 Å². The average Bonchev–Trinajstić information content (AvgIpc) is 3.41. The molecule has 2 aromatic carbocycles. The summed E-state index contributed by atoms with van der Waals surface area (Å²) < 4.78 is 2.28. The van der Waals surface area contributed by atoms with E-state index in [2.05, 4.69) is 66.2 Å². The van der Waals surface area contributed by atoms with Gasteiger partial charge in [-0.25, -0.2) is 0 Å². The van der Waals surface area contributed by atoms with E-state index in [0.29, 0.717) is 5.92 Å². The van der Waals surface area contributed by atoms with Crippen molar-refractivity contribution in [2.75, 3.05) is 0 Å². The molecule has 0 bridgehead atoms. The quantitative estimate of drug-likeness (QED) is 0.493. The van der Waals surface area contributed by atoms with Crippen LogP contribution in [0.2, 0.25) is 0 Å². The van der Waals surface area contributed by atoms with Gasteiger partial charge < -0.3 is 4.57 Å². The fourth-order valence-electron chi connectivity index (χ4n) is 3.76. The van der Waals surface area contributed by atoms with Crippen LogP contribution in [0.5, 0.6) is 0 Å². The lowest BCUT2D eigenvalue weighted by Gasteiger charge is -2.10. The molecule has 0 radical (unpaired) electrons. The fraction of sp³-hybridized carbons (Fsp3) is 0.190. The lowest BCUT2D eigenvalue weighted by atomic mass is 9.97. The van der Waals surface area contributed by atoms with Gasteiger partial charge in [-0.15, -0.1) is 0 Å². The molecule has 0 unspecified atom stereocenters. The molecule has 0 spiro atoms. The number of benzene rings is 2. The number of nitrogens with zero attached hydrogens (tertiary/aromatic N) is 2. The summed E-state index contributed by atoms with van der Waals surface area (Å²) in [4.78, 5) is 4.87. The highest BCUT2D eigenvalue weighted by molar-refractivity contribution is 6.11. The maximum atomic E-state index is 4.87. The van der Waals surface area contributed by atoms with Crippen LogP contribution in [0, 0.1) is 0 Å². The lowest BCUT2D eigenvalue weighted by molar-refractivity contribution is 1.00. The van der Waals surface area contributed by atoms with E-state index in [4.69, 9.17) is 4.98 Å². The predicted octanol–water partition coefficient (Wildman–Crippen LogP) is 5.27. The van der Waals surface area contributed by atoms with Crippen LogP contribution in [0.4, 0.5) is 0 Å². The first-order valence-electron chi connectivity index (χ1n) is 8.26. The van der Waals surface area contributed by atoms with E-state index < -0.39 is 0 Å². The van der Waals surface area contributed by atoms with Crippen molar-refractivity contribution in [2.45, 2.75) is 18.8 Å². The van der Waals surface area contributed by atoms with Gasteiger partial charge >= 0.3 is 0 Å². The minimum atomic E-state index is 0.659. The number of rotatable bonds is 2. The van der Waals surface area contributed by atoms with Gasteiger partial charge in [0.05, 0.1) is 17.4 Å². The number of hydrogen-bond donors (Lipinski definition) is 0. The first-order chi connectivity index (χ1) is 11.3. The van der Waals surface area contributed by atoms with Crippen LogP contribution in [0.15, 0.2) is 60.8 Å². The minimum Gasteiger partial charge on any atom is -0.342 e. The van der Waals surface area contributed by atoms with Crippen molar-refractivity contribution in [1.82, 2.24) is 9.55 Å². The van der Waals surface area contributed by atoms with E-state index in [0.717, 1.165) is 5.69 Å². The van der Waals surface area contributed by atoms with Gasteiger partial charge in [0.25, 0.3) is 0 Å². The largest absolute Gasteiger partial charge is 0.342 e. The summed E-state index contributed by atoms with van der Waals surface area (Å²) >= 11 is 0. The molecule has 112 valence electrons. The van der Waals surface area contributed by atoms with Crippen LogP contribution in [0.3, 0.4) is 0 Å². The van der Waals surface area contributed by atoms with Crippen LogP contribution in [-0.2, 0) is 7.05 Å². The third-order valence-corrected chi connectivity index (χ3v) is 5.03. The molecule has 2 heterocycles. The molecule has 5 rings (SSSR count). The van der Waals surface area contributed by atoms with E-state index >= 15 is 0 Å². The molecular formula is C21H18N2. The third kappa shape index (κ3) is 1.84. The molecule has 23 heavy (non-hydrogen) atoms. The summed E-state index contributed by atoms with van der Waals surface area (Å²) in [5.74, 6) is 0.659. The molecule has 1 aliphatic rings. The van der Waals surface area contributed by atoms with Crippen LogP contribution in [0.1, 0.15) is 24.3 Å². The standard InChI is InChI=1S/C21H18N2/c1-23-17-10-6-5-9-16(17)20-18(23)13-22-21(19(20)14-11-12-14)15-7-3-2-4-8-15/h2-10,13-14H,11-12H2,1H3. The highest BCUT2D eigenvalue weighted by atomic mass is 14.9. The van der Waals surface area contributed by atoms with Crippen LogP contribution in [0.25, 0.3) is 33.1 Å². The number of para-hydroxylation sites is 1. The Hall–Kier alpha value is -2.61. The first-order valence-corrected chi connectivity index (χ1v) is 8.26. The third-order valence-electron chi connectivity index (χ3n) is 5.03. The summed E-state index contributed by atoms with van der Waals surface area (Å²) in [5, 5.41) is 2.76. The summed E-state index contributed by atoms with van der Waals surface area (Å²) in [7, 11) is 2.14. The first kappa shape index (κ1) is 12.9. The van der Waals surface area contributed by atoms with Gasteiger partial charge in [-0.3, -0.25) is 4.98 Å². The molecular weight excluding hydrogens is 280 g/mol. The topological polar surface area (TPSA) is 17.8 Å². The van der Waals surface area contributed by atoms with Gasteiger partial charge in [0.2, 0.25) is 0 Å². The second-order valence-corrected chi connectivity index (χ2v) is 6.50. The summed E-state index contributed by atoms with van der Waals surface area (Å²) in [6.45, 7) is 0. The van der Waals surface area contributed by atoms with Crippen molar-refractivity contribution in [3.63, 3.8) is 0 Å². The normalized spacial score (nSPS) is 14.7. The van der Waals surface area contributed by atoms with Crippen molar-refractivity contribution in [1.29, 1.82) is 0 Å². The Balaban J connectivity index is 1.95. The Labute approximate surface area is 135 Å². The van der Waals surface area contributed by atoms with Gasteiger partial charge in [-0.05, 0) is 30.4 Å². The number of hydrogen-bond acceptors (Lipinski definition) is 1. The monoisotopic (exact) mass is 298 g/mol. The molecule has 1 saturated carbocycles. The molecule has 1 fully saturated rings. The molecule has 2 nitrogen and oxygen atoms in total. The Morgan fingerprint density at radius 2 is 1.65 bits per heavy atom. The molecule has 4 aromatic rings. The SMILES string of the molecule is Cn1c2ccccc2c2c(C3CC3)c(-c3ccccc3)ncc21. The number of fused-ring (bicyclic) bond motifs is 3. The summed E-state index contributed by atoms with van der Waals surface area (Å²) in [6.07, 6.45) is 4.61. The van der Waals surface area contributed by atoms with Gasteiger partial charge in [0, 0.05) is 28.9 Å². The van der Waals surface area contributed by atoms with Crippen LogP contribution < -0.4 is 0 Å². The van der Waals surface area contributed by atoms with E-state index in [1.807, 2.05) is 6.20 Å². The summed E-state index contributed by atoms with van der Waals surface area (Å²) in [5.41, 5.74) is 6.37. The molecule has 0 amide bonds. The zero-order chi connectivity index (χ0) is 15.4. The van der Waals surface area contributed by atoms with Crippen molar-refractivity contribution >= 4 is 21.8 Å². The zero-order valence-electron chi connectivity index (χ0n) is 13.2. The lowest BCUT2D eigenvalue weighted by Crippen LogP contribution is -1.94. The number of aryl methyl sites for hydroxylation is 1. The molecule has 2 heteroatoms. The van der Waals surface area contributed by atoms with Crippen LogP contribution >= 0.6 is 0 Å². The van der Waals surface area contributed by atoms with Crippen molar-refractivity contribution in [3.05, 3.63) is 66.4 Å². The van der Waals surface area contributed by atoms with E-state index in [1.54, 1.807) is 0 Å². The van der Waals surface area contributed by atoms with Gasteiger partial charge in [0.15, 0.2) is 0 Å². The smallest absolute Gasteiger partial charge is 0.0744 e. The minimum absolute atomic E-state index is 0.659. The molecule has 1 aliphatic carbocycles. The van der Waals surface area contributed by atoms with Crippen molar-refractivity contribution < 1.29 is 0 Å². The Morgan fingerprint density at radius 3 is 2.43 bits per heavy atom. The van der Waals surface area contributed by atoms with Gasteiger partial charge in [-0.1, -0.05) is 48.5 Å². The Bertz CT molecular complexity index is 1020. The van der Waals surface area contributed by atoms with Crippen LogP contribution in [-0.4, -0.2) is 9.55 Å². The van der Waals surface area contributed by atoms with E-state index in [1.165, 1.54) is 45.8 Å². The average molecular weight is 298 g/mol. The molecule has 0 atom stereocenters. The number of pyridine rings is 1. The predicted molar refractivity (Wildman–Crippen MR) is 95.6 cm³/mol. The Kier molecular flexibility index (Phi) is 2.63. The van der Waals surface area contributed by atoms with Gasteiger partial charge in [0.1, 0.15) is 0 Å². The second-order valence-electron chi connectivity index (χ2n) is 6.50. The number of aromatic nitrogens is 2. The summed E-state index contributed by atoms with van der Waals surface area (Å²) in [6, 6.07) is 19.3. The molecule has 2 aromatic heterocycles. The van der Waals surface area contributed by atoms with Gasteiger partial charge in [-0.2, -0.15) is 0 Å². The zero-order valence-corrected chi connectivity index (χ0v) is 13.2. The van der Waals surface area contributed by atoms with Crippen molar-refractivity contribution in [3.8, 4) is 11.3 Å². The molecule has 0 saturated heterocycles. The molecule has 0 N–H and O–H groups in total. The maximum Gasteiger partial charge on any atom is 0.0744 e. The van der Waals surface area contributed by atoms with E-state index in [-0.39, 0.29) is 0 Å². The Morgan fingerprint density at radius 1 is 0.913 bits per heavy atom. The highest BCUT2D eigenvalue weighted by Crippen LogP contribution is 2.48. The fourth-order valence-corrected chi connectivity index (χ4v) is 3.76. The maximum absolute atomic E-state index is 4.87.